The molecular weight excluding hydrogens is 234 g/mol. The van der Waals surface area contributed by atoms with E-state index in [0.717, 1.165) is 0 Å². The molecule has 0 fully saturated rings. The molecule has 0 bridgehead atoms. The van der Waals surface area contributed by atoms with Crippen LogP contribution in [-0.2, 0) is 4.74 Å². The molecule has 2 aromatic carbocycles. The third kappa shape index (κ3) is 1.79. The zero-order valence-electron chi connectivity index (χ0n) is 9.73. The molecule has 0 aromatic heterocycles. The molecule has 5 heteroatoms. The van der Waals surface area contributed by atoms with Gasteiger partial charge in [-0.15, -0.1) is 0 Å². The van der Waals surface area contributed by atoms with Crippen LogP contribution in [0.5, 0.6) is 0 Å². The van der Waals surface area contributed by atoms with Crippen molar-refractivity contribution in [1.82, 2.24) is 0 Å². The molecule has 2 N–H and O–H groups in total. The molecule has 0 atom stereocenters. The minimum Gasteiger partial charge on any atom is -0.462 e. The van der Waals surface area contributed by atoms with E-state index in [-0.39, 0.29) is 17.9 Å². The first kappa shape index (κ1) is 12.0. The van der Waals surface area contributed by atoms with E-state index in [2.05, 4.69) is 0 Å². The van der Waals surface area contributed by atoms with E-state index in [0.29, 0.717) is 11.1 Å². The van der Waals surface area contributed by atoms with Crippen LogP contribution in [0.2, 0.25) is 0 Å². The number of nitrogens with two attached hydrogens (primary N) is 1. The smallest absolute Gasteiger partial charge is 0.338 e. The third-order valence-electron chi connectivity index (χ3n) is 2.61. The maximum absolute atomic E-state index is 11.5. The summed E-state index contributed by atoms with van der Waals surface area (Å²) in [6.45, 7) is 1.97. The number of carbonyl (C=O) groups is 1. The highest BCUT2D eigenvalue weighted by atomic mass is 16.5. The van der Waals surface area contributed by atoms with Crippen LogP contribution in [0.1, 0.15) is 17.3 Å². The minimum absolute atomic E-state index is 0.0546. The van der Waals surface area contributed by atoms with Gasteiger partial charge in [-0.2, -0.15) is 0 Å². The topological polar surface area (TPSA) is 86.5 Å². The molecule has 2 rings (SSSR count). The molecule has 92 valence electrons. The summed E-state index contributed by atoms with van der Waals surface area (Å²) >= 11 is 0. The SMILES string of the molecule is CCOC(=O)c1cccc(-c2c(N)c(=O)c2=O)c1. The zero-order valence-corrected chi connectivity index (χ0v) is 9.73. The van der Waals surface area contributed by atoms with Crippen molar-refractivity contribution in [3.63, 3.8) is 0 Å². The maximum Gasteiger partial charge on any atom is 0.338 e. The Morgan fingerprint density at radius 3 is 2.61 bits per heavy atom. The minimum atomic E-state index is -0.675. The summed E-state index contributed by atoms with van der Waals surface area (Å²) in [5.41, 5.74) is 5.07. The molecule has 0 heterocycles. The quantitative estimate of drug-likeness (QED) is 0.635. The van der Waals surface area contributed by atoms with Crippen molar-refractivity contribution in [2.45, 2.75) is 6.92 Å². The Kier molecular flexibility index (Phi) is 2.97. The summed E-state index contributed by atoms with van der Waals surface area (Å²) in [5.74, 6) is -0.475. The largest absolute Gasteiger partial charge is 0.462 e. The molecular formula is C13H11NO4. The normalized spacial score (nSPS) is 10.5. The average molecular weight is 245 g/mol. The lowest BCUT2D eigenvalue weighted by molar-refractivity contribution is 0.0526. The van der Waals surface area contributed by atoms with Crippen molar-refractivity contribution in [3.05, 3.63) is 50.3 Å². The van der Waals surface area contributed by atoms with Crippen LogP contribution in [0.3, 0.4) is 0 Å². The van der Waals surface area contributed by atoms with E-state index in [4.69, 9.17) is 10.5 Å². The number of hydrogen-bond donors (Lipinski definition) is 1. The highest BCUT2D eigenvalue weighted by molar-refractivity contribution is 5.92. The fourth-order valence-corrected chi connectivity index (χ4v) is 1.71. The number of anilines is 1. The van der Waals surface area contributed by atoms with Crippen molar-refractivity contribution in [2.75, 3.05) is 12.3 Å². The first-order valence-corrected chi connectivity index (χ1v) is 5.42. The van der Waals surface area contributed by atoms with E-state index < -0.39 is 16.8 Å². The van der Waals surface area contributed by atoms with Crippen LogP contribution < -0.4 is 16.6 Å². The molecule has 0 aliphatic rings. The number of carbonyl (C=O) groups excluding carboxylic acids is 1. The number of hydrogen-bond acceptors (Lipinski definition) is 5. The second kappa shape index (κ2) is 4.44. The molecule has 18 heavy (non-hydrogen) atoms. The summed E-state index contributed by atoms with van der Waals surface area (Å²) < 4.78 is 4.85. The molecule has 0 radical (unpaired) electrons. The van der Waals surface area contributed by atoms with E-state index in [9.17, 15) is 14.4 Å². The lowest BCUT2D eigenvalue weighted by atomic mass is 9.97. The van der Waals surface area contributed by atoms with Gasteiger partial charge in [0.05, 0.1) is 23.4 Å². The van der Waals surface area contributed by atoms with Crippen molar-refractivity contribution < 1.29 is 9.53 Å². The number of nitrogen functional groups attached to an aromatic ring is 1. The summed E-state index contributed by atoms with van der Waals surface area (Å²) in [5, 5.41) is 0. The van der Waals surface area contributed by atoms with Crippen molar-refractivity contribution in [1.29, 1.82) is 0 Å². The fourth-order valence-electron chi connectivity index (χ4n) is 1.71. The van der Waals surface area contributed by atoms with Gasteiger partial charge in [0.15, 0.2) is 0 Å². The Morgan fingerprint density at radius 1 is 1.28 bits per heavy atom. The molecule has 0 saturated heterocycles. The van der Waals surface area contributed by atoms with Crippen LogP contribution in [-0.4, -0.2) is 12.6 Å². The molecule has 0 spiro atoms. The predicted molar refractivity (Wildman–Crippen MR) is 67.2 cm³/mol. The first-order chi connectivity index (χ1) is 8.56. The third-order valence-corrected chi connectivity index (χ3v) is 2.61. The second-order valence-electron chi connectivity index (χ2n) is 3.75. The summed E-state index contributed by atoms with van der Waals surface area (Å²) in [6.07, 6.45) is 0. The Balaban J connectivity index is 2.43. The van der Waals surface area contributed by atoms with E-state index >= 15 is 0 Å². The standard InChI is InChI=1S/C13H11NO4/c1-2-18-13(17)8-5-3-4-7(6-8)9-10(14)12(16)11(9)15/h3-6H,2,14H2,1H3. The van der Waals surface area contributed by atoms with Gasteiger partial charge in [0.2, 0.25) is 10.9 Å². The van der Waals surface area contributed by atoms with Gasteiger partial charge in [-0.25, -0.2) is 4.79 Å². The molecule has 5 nitrogen and oxygen atoms in total. The van der Waals surface area contributed by atoms with E-state index in [1.807, 2.05) is 0 Å². The Hall–Kier alpha value is -2.43. The monoisotopic (exact) mass is 245 g/mol. The van der Waals surface area contributed by atoms with Crippen LogP contribution in [0.25, 0.3) is 11.1 Å². The van der Waals surface area contributed by atoms with Crippen LogP contribution in [0.15, 0.2) is 33.9 Å². The van der Waals surface area contributed by atoms with Crippen LogP contribution in [0.4, 0.5) is 5.69 Å². The maximum atomic E-state index is 11.5. The number of ether oxygens (including phenoxy) is 1. The van der Waals surface area contributed by atoms with Gasteiger partial charge in [-0.05, 0) is 24.6 Å². The lowest BCUT2D eigenvalue weighted by Gasteiger charge is -2.08. The van der Waals surface area contributed by atoms with Crippen molar-refractivity contribution >= 4 is 11.7 Å². The Morgan fingerprint density at radius 2 is 2.00 bits per heavy atom. The number of esters is 1. The molecule has 0 aliphatic heterocycles. The van der Waals surface area contributed by atoms with Crippen LogP contribution >= 0.6 is 0 Å². The van der Waals surface area contributed by atoms with Crippen molar-refractivity contribution in [3.8, 4) is 11.1 Å². The van der Waals surface area contributed by atoms with Gasteiger partial charge in [-0.3, -0.25) is 9.59 Å². The van der Waals surface area contributed by atoms with Crippen LogP contribution in [0, 0.1) is 0 Å². The molecule has 0 saturated carbocycles. The Labute approximate surface area is 103 Å². The van der Waals surface area contributed by atoms with Gasteiger partial charge < -0.3 is 10.5 Å². The molecule has 0 amide bonds. The first-order valence-electron chi connectivity index (χ1n) is 5.42. The Bertz CT molecular complexity index is 680. The fraction of sp³-hybridized carbons (Fsp3) is 0.154. The number of benzene rings is 1. The highest BCUT2D eigenvalue weighted by Gasteiger charge is 2.20. The summed E-state index contributed by atoms with van der Waals surface area (Å²) in [6, 6.07) is 6.29. The van der Waals surface area contributed by atoms with E-state index in [1.165, 1.54) is 6.07 Å². The molecule has 2 aromatic rings. The lowest BCUT2D eigenvalue weighted by Crippen LogP contribution is -2.35. The van der Waals surface area contributed by atoms with Crippen molar-refractivity contribution in [2.24, 2.45) is 0 Å². The predicted octanol–water partition coefficient (Wildman–Crippen LogP) is 0.709. The molecule has 0 unspecified atom stereocenters. The second-order valence-corrected chi connectivity index (χ2v) is 3.75. The average Bonchev–Trinajstić information content (AvgIpc) is 2.39. The van der Waals surface area contributed by atoms with E-state index in [1.54, 1.807) is 25.1 Å². The van der Waals surface area contributed by atoms with Gasteiger partial charge in [0, 0.05) is 0 Å². The molecule has 0 aliphatic carbocycles. The zero-order chi connectivity index (χ0) is 13.3. The highest BCUT2D eigenvalue weighted by Crippen LogP contribution is 2.22. The van der Waals surface area contributed by atoms with Gasteiger partial charge >= 0.3 is 5.97 Å². The number of rotatable bonds is 3. The van der Waals surface area contributed by atoms with Gasteiger partial charge in [0.1, 0.15) is 0 Å². The summed E-state index contributed by atoms with van der Waals surface area (Å²) in [7, 11) is 0. The van der Waals surface area contributed by atoms with Gasteiger partial charge in [0.25, 0.3) is 0 Å². The summed E-state index contributed by atoms with van der Waals surface area (Å²) in [4.78, 5) is 33.9. The van der Waals surface area contributed by atoms with Gasteiger partial charge in [-0.1, -0.05) is 12.1 Å².